The Hall–Kier alpha value is -3.32. The van der Waals surface area contributed by atoms with Crippen LogP contribution in [-0.2, 0) is 25.6 Å². The molecular weight excluding hydrogens is 472 g/mol. The van der Waals surface area contributed by atoms with Gasteiger partial charge in [-0.1, -0.05) is 0 Å². The highest BCUT2D eigenvalue weighted by Gasteiger charge is 2.34. The number of ether oxygens (including phenoxy) is 1. The highest BCUT2D eigenvalue weighted by atomic mass is 32.1. The number of cyclic esters (lactones) is 1. The maximum absolute atomic E-state index is 15.0. The summed E-state index contributed by atoms with van der Waals surface area (Å²) in [5, 5.41) is 6.17. The average Bonchev–Trinajstić information content (AvgIpc) is 3.35. The number of nitrogens with zero attached hydrogens (tertiary/aromatic N) is 4. The Morgan fingerprint density at radius 3 is 2.68 bits per heavy atom. The lowest BCUT2D eigenvalue weighted by Crippen LogP contribution is -2.35. The SMILES string of the molecule is CC(=O)NC[C@H]1CN(c2cc(F)c(N3CCON(C(=O)Cc4nccs4)CC3)c(F)c2)C(=O)O1. The lowest BCUT2D eigenvalue weighted by molar-refractivity contribution is -0.181. The quantitative estimate of drug-likeness (QED) is 0.651. The Kier molecular flexibility index (Phi) is 7.22. The molecule has 2 aliphatic rings. The van der Waals surface area contributed by atoms with Crippen molar-refractivity contribution < 1.29 is 32.7 Å². The fourth-order valence-corrected chi connectivity index (χ4v) is 4.34. The van der Waals surface area contributed by atoms with E-state index in [9.17, 15) is 14.4 Å². The topological polar surface area (TPSA) is 104 Å². The number of aromatic nitrogens is 1. The molecule has 0 aliphatic carbocycles. The molecule has 2 fully saturated rings. The third-order valence-electron chi connectivity index (χ3n) is 5.33. The number of hydrogen-bond acceptors (Lipinski definition) is 8. The van der Waals surface area contributed by atoms with Crippen LogP contribution in [0.3, 0.4) is 0 Å². The van der Waals surface area contributed by atoms with Gasteiger partial charge in [-0.15, -0.1) is 11.3 Å². The van der Waals surface area contributed by atoms with Gasteiger partial charge in [0.1, 0.15) is 16.8 Å². The standard InChI is InChI=1S/C21H23F2N5O5S/c1-13(29)25-11-15-12-27(21(31)33-15)14-8-16(22)20(17(23)9-14)26-3-4-28(32-6-5-26)19(30)10-18-24-2-7-34-18/h2,7-9,15H,3-6,10-12H2,1H3,(H,25,29)/t15-/m0/s1. The maximum atomic E-state index is 15.0. The maximum Gasteiger partial charge on any atom is 0.414 e. The first kappa shape index (κ1) is 23.8. The Labute approximate surface area is 198 Å². The smallest absolute Gasteiger partial charge is 0.414 e. The second-order valence-corrected chi connectivity index (χ2v) is 8.71. The van der Waals surface area contributed by atoms with Crippen molar-refractivity contribution in [1.29, 1.82) is 0 Å². The zero-order chi connectivity index (χ0) is 24.2. The number of amides is 3. The number of carbonyl (C=O) groups excluding carboxylic acids is 3. The molecule has 1 N–H and O–H groups in total. The number of halogens is 2. The van der Waals surface area contributed by atoms with Crippen LogP contribution in [-0.4, -0.2) is 73.4 Å². The van der Waals surface area contributed by atoms with E-state index in [1.807, 2.05) is 0 Å². The van der Waals surface area contributed by atoms with Gasteiger partial charge in [-0.3, -0.25) is 19.3 Å². The normalized spacial score (nSPS) is 18.6. The molecule has 10 nitrogen and oxygen atoms in total. The molecule has 13 heteroatoms. The van der Waals surface area contributed by atoms with E-state index in [1.165, 1.54) is 28.2 Å². The van der Waals surface area contributed by atoms with E-state index in [0.29, 0.717) is 5.01 Å². The number of anilines is 2. The fourth-order valence-electron chi connectivity index (χ4n) is 3.73. The predicted octanol–water partition coefficient (Wildman–Crippen LogP) is 1.71. The molecule has 2 aromatic rings. The number of hydroxylamine groups is 2. The minimum atomic E-state index is -0.851. The first-order valence-corrected chi connectivity index (χ1v) is 11.5. The van der Waals surface area contributed by atoms with Gasteiger partial charge in [0, 0.05) is 43.7 Å². The molecule has 0 unspecified atom stereocenters. The van der Waals surface area contributed by atoms with Crippen LogP contribution in [0.25, 0.3) is 0 Å². The molecule has 1 aromatic carbocycles. The monoisotopic (exact) mass is 495 g/mol. The van der Waals surface area contributed by atoms with Crippen LogP contribution in [0.5, 0.6) is 0 Å². The molecular formula is C21H23F2N5O5S. The number of thiazole rings is 1. The van der Waals surface area contributed by atoms with Gasteiger partial charge < -0.3 is 15.0 Å². The molecule has 1 aromatic heterocycles. The van der Waals surface area contributed by atoms with E-state index in [2.05, 4.69) is 10.3 Å². The van der Waals surface area contributed by atoms with Crippen LogP contribution in [0, 0.1) is 11.6 Å². The minimum absolute atomic E-state index is 0.0143. The van der Waals surface area contributed by atoms with Crippen molar-refractivity contribution in [2.24, 2.45) is 0 Å². The van der Waals surface area contributed by atoms with Gasteiger partial charge in [0.25, 0.3) is 5.91 Å². The van der Waals surface area contributed by atoms with Crippen molar-refractivity contribution >= 4 is 40.6 Å². The molecule has 3 amide bonds. The lowest BCUT2D eigenvalue weighted by atomic mass is 10.2. The molecule has 182 valence electrons. The third kappa shape index (κ3) is 5.42. The van der Waals surface area contributed by atoms with Crippen molar-refractivity contribution in [3.63, 3.8) is 0 Å². The number of benzene rings is 1. The lowest BCUT2D eigenvalue weighted by Gasteiger charge is -2.24. The zero-order valence-electron chi connectivity index (χ0n) is 18.3. The first-order chi connectivity index (χ1) is 16.3. The van der Waals surface area contributed by atoms with Crippen LogP contribution >= 0.6 is 11.3 Å². The zero-order valence-corrected chi connectivity index (χ0v) is 19.1. The van der Waals surface area contributed by atoms with E-state index in [4.69, 9.17) is 9.57 Å². The number of rotatable bonds is 6. The van der Waals surface area contributed by atoms with E-state index in [1.54, 1.807) is 11.6 Å². The van der Waals surface area contributed by atoms with Gasteiger partial charge >= 0.3 is 6.09 Å². The number of nitrogens with one attached hydrogen (secondary N) is 1. The van der Waals surface area contributed by atoms with Crippen LogP contribution in [0.15, 0.2) is 23.7 Å². The van der Waals surface area contributed by atoms with E-state index in [0.717, 1.165) is 17.0 Å². The van der Waals surface area contributed by atoms with Gasteiger partial charge in [0.05, 0.1) is 38.3 Å². The molecule has 3 heterocycles. The van der Waals surface area contributed by atoms with Crippen molar-refractivity contribution in [1.82, 2.24) is 15.4 Å². The van der Waals surface area contributed by atoms with Crippen LogP contribution in [0.4, 0.5) is 25.0 Å². The van der Waals surface area contributed by atoms with Crippen molar-refractivity contribution in [3.05, 3.63) is 40.4 Å². The molecule has 0 spiro atoms. The summed E-state index contributed by atoms with van der Waals surface area (Å²) in [5.41, 5.74) is -0.246. The summed E-state index contributed by atoms with van der Waals surface area (Å²) in [7, 11) is 0. The summed E-state index contributed by atoms with van der Waals surface area (Å²) >= 11 is 1.36. The summed E-state index contributed by atoms with van der Waals surface area (Å²) in [5.74, 6) is -2.26. The highest BCUT2D eigenvalue weighted by Crippen LogP contribution is 2.31. The Balaban J connectivity index is 1.42. The Morgan fingerprint density at radius 1 is 1.24 bits per heavy atom. The molecule has 4 rings (SSSR count). The summed E-state index contributed by atoms with van der Waals surface area (Å²) in [6, 6.07) is 2.13. The number of carbonyl (C=O) groups is 3. The van der Waals surface area contributed by atoms with Gasteiger partial charge in [0.2, 0.25) is 5.91 Å². The van der Waals surface area contributed by atoms with Crippen LogP contribution in [0.2, 0.25) is 0 Å². The molecule has 2 aliphatic heterocycles. The van der Waals surface area contributed by atoms with E-state index in [-0.39, 0.29) is 68.9 Å². The van der Waals surface area contributed by atoms with Crippen LogP contribution in [0.1, 0.15) is 11.9 Å². The molecule has 0 radical (unpaired) electrons. The van der Waals surface area contributed by atoms with Gasteiger partial charge in [-0.25, -0.2) is 23.6 Å². The summed E-state index contributed by atoms with van der Waals surface area (Å²) in [4.78, 5) is 47.8. The predicted molar refractivity (Wildman–Crippen MR) is 118 cm³/mol. The highest BCUT2D eigenvalue weighted by molar-refractivity contribution is 7.09. The minimum Gasteiger partial charge on any atom is -0.442 e. The van der Waals surface area contributed by atoms with E-state index < -0.39 is 23.8 Å². The molecule has 0 saturated carbocycles. The molecule has 0 bridgehead atoms. The van der Waals surface area contributed by atoms with Crippen molar-refractivity contribution in [2.45, 2.75) is 19.4 Å². The summed E-state index contributed by atoms with van der Waals surface area (Å²) in [6.07, 6.45) is 0.319. The average molecular weight is 496 g/mol. The Bertz CT molecular complexity index is 1050. The third-order valence-corrected chi connectivity index (χ3v) is 6.11. The molecule has 1 atom stereocenters. The largest absolute Gasteiger partial charge is 0.442 e. The van der Waals surface area contributed by atoms with E-state index >= 15 is 8.78 Å². The summed E-state index contributed by atoms with van der Waals surface area (Å²) in [6.45, 7) is 1.99. The van der Waals surface area contributed by atoms with Crippen molar-refractivity contribution in [2.75, 3.05) is 49.1 Å². The first-order valence-electron chi connectivity index (χ1n) is 10.6. The Morgan fingerprint density at radius 2 is 2.00 bits per heavy atom. The fraction of sp³-hybridized carbons (Fsp3) is 0.429. The van der Waals surface area contributed by atoms with Gasteiger partial charge in [0.15, 0.2) is 11.6 Å². The second-order valence-electron chi connectivity index (χ2n) is 7.73. The molecule has 2 saturated heterocycles. The van der Waals surface area contributed by atoms with Crippen molar-refractivity contribution in [3.8, 4) is 0 Å². The molecule has 34 heavy (non-hydrogen) atoms. The second kappa shape index (κ2) is 10.3. The van der Waals surface area contributed by atoms with Gasteiger partial charge in [-0.05, 0) is 0 Å². The van der Waals surface area contributed by atoms with Gasteiger partial charge in [-0.2, -0.15) is 0 Å². The number of hydrogen-bond donors (Lipinski definition) is 1. The van der Waals surface area contributed by atoms with Crippen LogP contribution < -0.4 is 15.1 Å². The summed E-state index contributed by atoms with van der Waals surface area (Å²) < 4.78 is 35.2.